The summed E-state index contributed by atoms with van der Waals surface area (Å²) in [5, 5.41) is 3.37. The van der Waals surface area contributed by atoms with E-state index in [2.05, 4.69) is 20.3 Å². The highest BCUT2D eigenvalue weighted by molar-refractivity contribution is 5.91. The van der Waals surface area contributed by atoms with Gasteiger partial charge in [0.05, 0.1) is 12.6 Å². The number of hydrogen-bond acceptors (Lipinski definition) is 4. The van der Waals surface area contributed by atoms with E-state index in [-0.39, 0.29) is 5.82 Å². The molecular formula is C18H19FN4O. The van der Waals surface area contributed by atoms with Crippen LogP contribution < -0.4 is 10.1 Å². The molecular weight excluding hydrogens is 307 g/mol. The molecule has 3 heterocycles. The standard InChI is InChI=1S/C18H19FN4O/c1-24-15-10-12(19)2-3-13(15)14-6-9-21-18-16(14)22-17(23-18)11-4-7-20-8-5-11/h2-3,6,9-11,20H,4-5,7-8H2,1H3,(H,21,22,23). The summed E-state index contributed by atoms with van der Waals surface area (Å²) >= 11 is 0. The number of aromatic nitrogens is 3. The summed E-state index contributed by atoms with van der Waals surface area (Å²) in [6.07, 6.45) is 3.86. The molecule has 2 N–H and O–H groups in total. The molecule has 4 rings (SSSR count). The second kappa shape index (κ2) is 6.20. The van der Waals surface area contributed by atoms with Gasteiger partial charge in [-0.2, -0.15) is 0 Å². The van der Waals surface area contributed by atoms with Crippen molar-refractivity contribution in [2.24, 2.45) is 0 Å². The fourth-order valence-electron chi connectivity index (χ4n) is 3.33. The molecule has 1 aliphatic rings. The molecule has 24 heavy (non-hydrogen) atoms. The number of piperidine rings is 1. The van der Waals surface area contributed by atoms with E-state index in [1.165, 1.54) is 12.1 Å². The number of nitrogens with one attached hydrogen (secondary N) is 2. The maximum atomic E-state index is 13.5. The van der Waals surface area contributed by atoms with Gasteiger partial charge in [-0.05, 0) is 44.1 Å². The first-order valence-electron chi connectivity index (χ1n) is 8.15. The summed E-state index contributed by atoms with van der Waals surface area (Å²) < 4.78 is 18.8. The minimum Gasteiger partial charge on any atom is -0.496 e. The van der Waals surface area contributed by atoms with Crippen LogP contribution in [-0.2, 0) is 0 Å². The highest BCUT2D eigenvalue weighted by atomic mass is 19.1. The minimum absolute atomic E-state index is 0.319. The highest BCUT2D eigenvalue weighted by Crippen LogP contribution is 2.35. The number of aromatic amines is 1. The van der Waals surface area contributed by atoms with Crippen LogP contribution in [0.15, 0.2) is 30.5 Å². The minimum atomic E-state index is -0.319. The first-order valence-corrected chi connectivity index (χ1v) is 8.15. The van der Waals surface area contributed by atoms with Gasteiger partial charge in [-0.15, -0.1) is 0 Å². The van der Waals surface area contributed by atoms with Gasteiger partial charge < -0.3 is 15.0 Å². The van der Waals surface area contributed by atoms with Gasteiger partial charge in [-0.25, -0.2) is 14.4 Å². The molecule has 6 heteroatoms. The van der Waals surface area contributed by atoms with Crippen LogP contribution in [0, 0.1) is 5.82 Å². The predicted molar refractivity (Wildman–Crippen MR) is 90.7 cm³/mol. The molecule has 0 spiro atoms. The Morgan fingerprint density at radius 2 is 2.00 bits per heavy atom. The van der Waals surface area contributed by atoms with Crippen LogP contribution in [0.25, 0.3) is 22.3 Å². The van der Waals surface area contributed by atoms with Gasteiger partial charge >= 0.3 is 0 Å². The first kappa shape index (κ1) is 15.1. The zero-order valence-corrected chi connectivity index (χ0v) is 13.5. The van der Waals surface area contributed by atoms with Gasteiger partial charge in [-0.3, -0.25) is 0 Å². The molecule has 0 saturated carbocycles. The molecule has 0 aliphatic carbocycles. The Labute approximate surface area is 139 Å². The maximum Gasteiger partial charge on any atom is 0.178 e. The normalized spacial score (nSPS) is 15.8. The lowest BCUT2D eigenvalue weighted by Gasteiger charge is -2.20. The van der Waals surface area contributed by atoms with Crippen molar-refractivity contribution in [3.8, 4) is 16.9 Å². The van der Waals surface area contributed by atoms with Gasteiger partial charge in [0.15, 0.2) is 5.65 Å². The van der Waals surface area contributed by atoms with E-state index in [4.69, 9.17) is 4.74 Å². The zero-order chi connectivity index (χ0) is 16.5. The number of ether oxygens (including phenoxy) is 1. The van der Waals surface area contributed by atoms with Crippen molar-refractivity contribution in [3.63, 3.8) is 0 Å². The fourth-order valence-corrected chi connectivity index (χ4v) is 3.33. The van der Waals surface area contributed by atoms with E-state index >= 15 is 0 Å². The SMILES string of the molecule is COc1cc(F)ccc1-c1ccnc2nc(C3CCNCC3)[nH]c12. The maximum absolute atomic E-state index is 13.5. The summed E-state index contributed by atoms with van der Waals surface area (Å²) in [6.45, 7) is 2.02. The number of hydrogen-bond donors (Lipinski definition) is 2. The molecule has 0 bridgehead atoms. The summed E-state index contributed by atoms with van der Waals surface area (Å²) in [6, 6.07) is 6.47. The molecule has 3 aromatic rings. The molecule has 0 atom stereocenters. The zero-order valence-electron chi connectivity index (χ0n) is 13.5. The summed E-state index contributed by atoms with van der Waals surface area (Å²) in [7, 11) is 1.55. The Kier molecular flexibility index (Phi) is 3.90. The highest BCUT2D eigenvalue weighted by Gasteiger charge is 2.20. The lowest BCUT2D eigenvalue weighted by molar-refractivity contribution is 0.413. The molecule has 1 fully saturated rings. The molecule has 1 saturated heterocycles. The van der Waals surface area contributed by atoms with E-state index in [9.17, 15) is 4.39 Å². The molecule has 1 aromatic carbocycles. The van der Waals surface area contributed by atoms with E-state index in [1.54, 1.807) is 19.4 Å². The van der Waals surface area contributed by atoms with Gasteiger partial charge in [0.25, 0.3) is 0 Å². The Morgan fingerprint density at radius 3 is 2.79 bits per heavy atom. The van der Waals surface area contributed by atoms with Crippen molar-refractivity contribution in [2.45, 2.75) is 18.8 Å². The van der Waals surface area contributed by atoms with Crippen molar-refractivity contribution in [3.05, 3.63) is 42.1 Å². The largest absolute Gasteiger partial charge is 0.496 e. The quantitative estimate of drug-likeness (QED) is 0.775. The summed E-state index contributed by atoms with van der Waals surface area (Å²) in [4.78, 5) is 12.5. The first-order chi connectivity index (χ1) is 11.8. The third-order valence-electron chi connectivity index (χ3n) is 4.59. The number of fused-ring (bicyclic) bond motifs is 1. The second-order valence-electron chi connectivity index (χ2n) is 6.05. The van der Waals surface area contributed by atoms with Crippen molar-refractivity contribution in [1.82, 2.24) is 20.3 Å². The van der Waals surface area contributed by atoms with Crippen molar-refractivity contribution in [2.75, 3.05) is 20.2 Å². The average Bonchev–Trinajstić information content (AvgIpc) is 3.07. The molecule has 1 aliphatic heterocycles. The monoisotopic (exact) mass is 326 g/mol. The third kappa shape index (κ3) is 2.63. The second-order valence-corrected chi connectivity index (χ2v) is 6.05. The summed E-state index contributed by atoms with van der Waals surface area (Å²) in [5.74, 6) is 1.58. The number of methoxy groups -OCH3 is 1. The number of nitrogens with zero attached hydrogens (tertiary/aromatic N) is 2. The van der Waals surface area contributed by atoms with E-state index in [0.717, 1.165) is 48.4 Å². The van der Waals surface area contributed by atoms with Crippen molar-refractivity contribution < 1.29 is 9.13 Å². The molecule has 0 amide bonds. The number of rotatable bonds is 3. The lowest BCUT2D eigenvalue weighted by Crippen LogP contribution is -2.27. The smallest absolute Gasteiger partial charge is 0.178 e. The molecule has 2 aromatic heterocycles. The summed E-state index contributed by atoms with van der Waals surface area (Å²) in [5.41, 5.74) is 3.31. The molecule has 0 radical (unpaired) electrons. The van der Waals surface area contributed by atoms with Gasteiger partial charge in [0, 0.05) is 29.3 Å². The average molecular weight is 326 g/mol. The topological polar surface area (TPSA) is 62.8 Å². The van der Waals surface area contributed by atoms with Crippen LogP contribution in [0.3, 0.4) is 0 Å². The van der Waals surface area contributed by atoms with Gasteiger partial charge in [0.1, 0.15) is 17.4 Å². The van der Waals surface area contributed by atoms with Crippen LogP contribution in [0.1, 0.15) is 24.6 Å². The Morgan fingerprint density at radius 1 is 1.17 bits per heavy atom. The Bertz CT molecular complexity index is 871. The third-order valence-corrected chi connectivity index (χ3v) is 4.59. The van der Waals surface area contributed by atoms with Crippen LogP contribution in [0.4, 0.5) is 4.39 Å². The predicted octanol–water partition coefficient (Wildman–Crippen LogP) is 3.24. The Hall–Kier alpha value is -2.47. The van der Waals surface area contributed by atoms with E-state index in [0.29, 0.717) is 17.3 Å². The fraction of sp³-hybridized carbons (Fsp3) is 0.333. The number of halogens is 1. The number of H-pyrrole nitrogens is 1. The van der Waals surface area contributed by atoms with E-state index in [1.807, 2.05) is 6.07 Å². The van der Waals surface area contributed by atoms with Crippen LogP contribution in [-0.4, -0.2) is 35.2 Å². The van der Waals surface area contributed by atoms with Gasteiger partial charge in [0.2, 0.25) is 0 Å². The van der Waals surface area contributed by atoms with Crippen molar-refractivity contribution >= 4 is 11.2 Å². The van der Waals surface area contributed by atoms with Crippen LogP contribution >= 0.6 is 0 Å². The molecule has 124 valence electrons. The van der Waals surface area contributed by atoms with Gasteiger partial charge in [-0.1, -0.05) is 0 Å². The van der Waals surface area contributed by atoms with E-state index < -0.39 is 0 Å². The van der Waals surface area contributed by atoms with Crippen molar-refractivity contribution in [1.29, 1.82) is 0 Å². The van der Waals surface area contributed by atoms with Crippen LogP contribution in [0.5, 0.6) is 5.75 Å². The number of pyridine rings is 1. The number of benzene rings is 1. The lowest BCUT2D eigenvalue weighted by atomic mass is 9.98. The molecule has 5 nitrogen and oxygen atoms in total. The molecule has 0 unspecified atom stereocenters. The number of imidazole rings is 1. The van der Waals surface area contributed by atoms with Crippen LogP contribution in [0.2, 0.25) is 0 Å². The Balaban J connectivity index is 1.83.